The molecule has 0 spiro atoms. The van der Waals surface area contributed by atoms with Gasteiger partial charge < -0.3 is 20.9 Å². The second-order valence-corrected chi connectivity index (χ2v) is 8.31. The van der Waals surface area contributed by atoms with Crippen molar-refractivity contribution < 1.29 is 9.59 Å². The summed E-state index contributed by atoms with van der Waals surface area (Å²) in [5.74, 6) is -0.219. The first-order valence-corrected chi connectivity index (χ1v) is 10.6. The Kier molecular flexibility index (Phi) is 8.54. The predicted octanol–water partition coefficient (Wildman–Crippen LogP) is 1.17. The van der Waals surface area contributed by atoms with Gasteiger partial charge in [-0.15, -0.1) is 0 Å². The summed E-state index contributed by atoms with van der Waals surface area (Å²) in [5.41, 5.74) is 6.18. The van der Waals surface area contributed by atoms with E-state index in [2.05, 4.69) is 5.32 Å². The van der Waals surface area contributed by atoms with Gasteiger partial charge >= 0.3 is 0 Å². The predicted molar refractivity (Wildman–Crippen MR) is 112 cm³/mol. The molecule has 2 radical (unpaired) electrons. The van der Waals surface area contributed by atoms with Crippen LogP contribution in [0.1, 0.15) is 58.3 Å². The van der Waals surface area contributed by atoms with Gasteiger partial charge in [-0.2, -0.15) is 0 Å². The van der Waals surface area contributed by atoms with Crippen LogP contribution in [-0.4, -0.2) is 72.6 Å². The summed E-state index contributed by atoms with van der Waals surface area (Å²) in [4.78, 5) is 29.2. The molecule has 8 heteroatoms. The van der Waals surface area contributed by atoms with E-state index < -0.39 is 6.04 Å². The van der Waals surface area contributed by atoms with Crippen molar-refractivity contribution in [2.24, 2.45) is 11.7 Å². The molecule has 1 saturated heterocycles. The number of thiocarbonyl (C=S) groups is 1. The molecule has 2 aliphatic rings. The molecule has 3 N–H and O–H groups in total. The standard InChI is InChI=1S/C19H33BN4O2S/c1-3-14(19(27)24-11-7-10-15(24)20)22-16(25)12-23(2)18(26)17(21)13-8-5-4-6-9-13/h13-15,17H,3-12,21H2,1-2H3,(H,22,25)/t14-,15-,17-/m0/s1. The van der Waals surface area contributed by atoms with E-state index in [9.17, 15) is 9.59 Å². The van der Waals surface area contributed by atoms with Crippen molar-refractivity contribution in [2.75, 3.05) is 20.1 Å². The SMILES string of the molecule is [B][C@@H]1CCCN1C(=S)[C@H](CC)NC(=O)CN(C)C(=O)[C@@H](N)C1CCCCC1. The zero-order valence-electron chi connectivity index (χ0n) is 16.7. The van der Waals surface area contributed by atoms with E-state index in [4.69, 9.17) is 25.8 Å². The molecule has 0 aromatic rings. The number of likely N-dealkylation sites (tertiary alicyclic amines) is 1. The lowest BCUT2D eigenvalue weighted by atomic mass is 9.84. The number of likely N-dealkylation sites (N-methyl/N-ethyl adjacent to an activating group) is 1. The molecule has 1 heterocycles. The number of nitrogens with one attached hydrogen (secondary N) is 1. The number of carbonyl (C=O) groups excluding carboxylic acids is 2. The van der Waals surface area contributed by atoms with Crippen LogP contribution in [0.15, 0.2) is 0 Å². The summed E-state index contributed by atoms with van der Waals surface area (Å²) in [6.07, 6.45) is 8.09. The average Bonchev–Trinajstić information content (AvgIpc) is 3.10. The first kappa shape index (κ1) is 22.1. The quantitative estimate of drug-likeness (QED) is 0.502. The number of carbonyl (C=O) groups is 2. The first-order chi connectivity index (χ1) is 12.8. The molecule has 0 aromatic heterocycles. The van der Waals surface area contributed by atoms with E-state index in [1.54, 1.807) is 7.05 Å². The molecule has 2 amide bonds. The Balaban J connectivity index is 1.85. The van der Waals surface area contributed by atoms with E-state index in [0.717, 1.165) is 45.1 Å². The summed E-state index contributed by atoms with van der Waals surface area (Å²) in [5, 5.41) is 2.96. The molecule has 2 fully saturated rings. The van der Waals surface area contributed by atoms with Crippen molar-refractivity contribution in [3.63, 3.8) is 0 Å². The van der Waals surface area contributed by atoms with Gasteiger partial charge in [-0.25, -0.2) is 0 Å². The Bertz CT molecular complexity index is 542. The van der Waals surface area contributed by atoms with Crippen LogP contribution >= 0.6 is 12.2 Å². The molecule has 6 nitrogen and oxygen atoms in total. The van der Waals surface area contributed by atoms with E-state index in [1.807, 2.05) is 11.8 Å². The molecule has 1 aliphatic heterocycles. The highest BCUT2D eigenvalue weighted by molar-refractivity contribution is 7.80. The maximum atomic E-state index is 12.6. The summed E-state index contributed by atoms with van der Waals surface area (Å²) in [6.45, 7) is 2.80. The van der Waals surface area contributed by atoms with E-state index in [1.165, 1.54) is 11.3 Å². The molecule has 0 bridgehead atoms. The van der Waals surface area contributed by atoms with Crippen LogP contribution in [0.3, 0.4) is 0 Å². The highest BCUT2D eigenvalue weighted by Crippen LogP contribution is 2.26. The molecule has 2 rings (SSSR count). The molecule has 0 aromatic carbocycles. The second-order valence-electron chi connectivity index (χ2n) is 7.89. The summed E-state index contributed by atoms with van der Waals surface area (Å²) in [7, 11) is 7.73. The van der Waals surface area contributed by atoms with Gasteiger partial charge in [0.05, 0.1) is 26.5 Å². The Morgan fingerprint density at radius 2 is 1.93 bits per heavy atom. The number of nitrogens with zero attached hydrogens (tertiary/aromatic N) is 2. The minimum atomic E-state index is -0.520. The summed E-state index contributed by atoms with van der Waals surface area (Å²) >= 11 is 5.55. The van der Waals surface area contributed by atoms with Gasteiger partial charge in [-0.3, -0.25) is 9.59 Å². The minimum absolute atomic E-state index is 0.00950. The zero-order chi connectivity index (χ0) is 20.0. The third-order valence-corrected chi connectivity index (χ3v) is 6.34. The zero-order valence-corrected chi connectivity index (χ0v) is 17.5. The lowest BCUT2D eigenvalue weighted by Gasteiger charge is -2.31. The van der Waals surface area contributed by atoms with Gasteiger partial charge in [-0.1, -0.05) is 38.4 Å². The number of hydrogen-bond donors (Lipinski definition) is 2. The molecular weight excluding hydrogens is 359 g/mol. The van der Waals surface area contributed by atoms with Crippen LogP contribution in [0.2, 0.25) is 0 Å². The van der Waals surface area contributed by atoms with Gasteiger partial charge in [0.1, 0.15) is 4.99 Å². The number of amides is 2. The highest BCUT2D eigenvalue weighted by atomic mass is 32.1. The monoisotopic (exact) mass is 392 g/mol. The van der Waals surface area contributed by atoms with Crippen molar-refractivity contribution in [3.8, 4) is 0 Å². The Morgan fingerprint density at radius 1 is 1.26 bits per heavy atom. The number of hydrogen-bond acceptors (Lipinski definition) is 4. The van der Waals surface area contributed by atoms with E-state index >= 15 is 0 Å². The van der Waals surface area contributed by atoms with Crippen molar-refractivity contribution in [3.05, 3.63) is 0 Å². The molecule has 27 heavy (non-hydrogen) atoms. The van der Waals surface area contributed by atoms with Crippen molar-refractivity contribution in [2.45, 2.75) is 76.3 Å². The van der Waals surface area contributed by atoms with Gasteiger partial charge in [-0.05, 0) is 44.0 Å². The van der Waals surface area contributed by atoms with Gasteiger partial charge in [0.15, 0.2) is 0 Å². The van der Waals surface area contributed by atoms with Gasteiger partial charge in [0, 0.05) is 13.6 Å². The smallest absolute Gasteiger partial charge is 0.240 e. The largest absolute Gasteiger partial charge is 0.370 e. The maximum Gasteiger partial charge on any atom is 0.240 e. The molecular formula is C19H33BN4O2S. The minimum Gasteiger partial charge on any atom is -0.370 e. The summed E-state index contributed by atoms with van der Waals surface area (Å²) in [6, 6.07) is -0.763. The lowest BCUT2D eigenvalue weighted by molar-refractivity contribution is -0.137. The fraction of sp³-hybridized carbons (Fsp3) is 0.842. The van der Waals surface area contributed by atoms with Gasteiger partial charge in [0.25, 0.3) is 0 Å². The fourth-order valence-corrected chi connectivity index (χ4v) is 4.54. The van der Waals surface area contributed by atoms with Crippen LogP contribution in [-0.2, 0) is 9.59 Å². The van der Waals surface area contributed by atoms with Crippen molar-refractivity contribution >= 4 is 36.9 Å². The molecule has 1 aliphatic carbocycles. The topological polar surface area (TPSA) is 78.7 Å². The van der Waals surface area contributed by atoms with E-state index in [0.29, 0.717) is 11.4 Å². The van der Waals surface area contributed by atoms with E-state index in [-0.39, 0.29) is 36.3 Å². The first-order valence-electron chi connectivity index (χ1n) is 10.2. The molecule has 150 valence electrons. The molecule has 0 unspecified atom stereocenters. The van der Waals surface area contributed by atoms with Crippen molar-refractivity contribution in [1.29, 1.82) is 0 Å². The van der Waals surface area contributed by atoms with Crippen molar-refractivity contribution in [1.82, 2.24) is 15.1 Å². The lowest BCUT2D eigenvalue weighted by Crippen LogP contribution is -2.53. The maximum absolute atomic E-state index is 12.6. The highest BCUT2D eigenvalue weighted by Gasteiger charge is 2.30. The van der Waals surface area contributed by atoms with Crippen LogP contribution in [0, 0.1) is 5.92 Å². The third kappa shape index (κ3) is 5.91. The van der Waals surface area contributed by atoms with Gasteiger partial charge in [0.2, 0.25) is 11.8 Å². The fourth-order valence-electron chi connectivity index (χ4n) is 4.09. The average molecular weight is 392 g/mol. The number of nitrogens with two attached hydrogens (primary N) is 1. The second kappa shape index (κ2) is 10.4. The van der Waals surface area contributed by atoms with Crippen LogP contribution < -0.4 is 11.1 Å². The van der Waals surface area contributed by atoms with Crippen LogP contribution in [0.5, 0.6) is 0 Å². The van der Waals surface area contributed by atoms with Crippen LogP contribution in [0.4, 0.5) is 0 Å². The molecule has 1 saturated carbocycles. The van der Waals surface area contributed by atoms with Crippen LogP contribution in [0.25, 0.3) is 0 Å². The normalized spacial score (nSPS) is 22.9. The Labute approximate surface area is 170 Å². The third-order valence-electron chi connectivity index (χ3n) is 5.82. The Morgan fingerprint density at radius 3 is 2.48 bits per heavy atom. The summed E-state index contributed by atoms with van der Waals surface area (Å²) < 4.78 is 0. The number of rotatable bonds is 7. The molecule has 3 atom stereocenters. The Hall–Kier alpha value is -1.15.